The SMILES string of the molecule is CC1CN(CCC(=O)NC2CC2)CC1C(=O)O. The Bertz CT molecular complexity index is 315. The van der Waals surface area contributed by atoms with Gasteiger partial charge in [0.15, 0.2) is 0 Å². The number of carboxylic acids is 1. The molecule has 2 atom stereocenters. The Morgan fingerprint density at radius 2 is 2.06 bits per heavy atom. The van der Waals surface area contributed by atoms with Gasteiger partial charge in [0.1, 0.15) is 0 Å². The van der Waals surface area contributed by atoms with E-state index >= 15 is 0 Å². The number of amides is 1. The van der Waals surface area contributed by atoms with Crippen LogP contribution < -0.4 is 5.32 Å². The predicted molar refractivity (Wildman–Crippen MR) is 62.5 cm³/mol. The lowest BCUT2D eigenvalue weighted by Crippen LogP contribution is -2.31. The Hall–Kier alpha value is -1.10. The van der Waals surface area contributed by atoms with E-state index in [2.05, 4.69) is 10.2 Å². The maximum atomic E-state index is 11.5. The van der Waals surface area contributed by atoms with Crippen LogP contribution in [0.3, 0.4) is 0 Å². The summed E-state index contributed by atoms with van der Waals surface area (Å²) in [5.41, 5.74) is 0. The van der Waals surface area contributed by atoms with Crippen LogP contribution in [0.15, 0.2) is 0 Å². The number of likely N-dealkylation sites (tertiary alicyclic amines) is 1. The fourth-order valence-electron chi connectivity index (χ4n) is 2.36. The second-order valence-corrected chi connectivity index (χ2v) is 5.27. The van der Waals surface area contributed by atoms with E-state index in [1.54, 1.807) is 0 Å². The van der Waals surface area contributed by atoms with E-state index in [-0.39, 0.29) is 17.7 Å². The summed E-state index contributed by atoms with van der Waals surface area (Å²) in [7, 11) is 0. The summed E-state index contributed by atoms with van der Waals surface area (Å²) in [6.45, 7) is 4.00. The van der Waals surface area contributed by atoms with E-state index in [4.69, 9.17) is 5.11 Å². The fraction of sp³-hybridized carbons (Fsp3) is 0.833. The highest BCUT2D eigenvalue weighted by Gasteiger charge is 2.34. The molecule has 2 aliphatic rings. The van der Waals surface area contributed by atoms with E-state index in [1.807, 2.05) is 6.92 Å². The lowest BCUT2D eigenvalue weighted by atomic mass is 9.99. The van der Waals surface area contributed by atoms with Gasteiger partial charge in [0.05, 0.1) is 5.92 Å². The summed E-state index contributed by atoms with van der Waals surface area (Å²) in [6, 6.07) is 0.409. The Kier molecular flexibility index (Phi) is 3.66. The van der Waals surface area contributed by atoms with Gasteiger partial charge in [-0.25, -0.2) is 0 Å². The summed E-state index contributed by atoms with van der Waals surface area (Å²) in [5.74, 6) is -0.721. The van der Waals surface area contributed by atoms with Crippen LogP contribution in [0.1, 0.15) is 26.2 Å². The molecule has 0 radical (unpaired) electrons. The Labute approximate surface area is 101 Å². The molecule has 2 rings (SSSR count). The van der Waals surface area contributed by atoms with Crippen molar-refractivity contribution in [3.8, 4) is 0 Å². The predicted octanol–water partition coefficient (Wildman–Crippen LogP) is 0.308. The summed E-state index contributed by atoms with van der Waals surface area (Å²) in [6.07, 6.45) is 2.69. The quantitative estimate of drug-likeness (QED) is 0.725. The van der Waals surface area contributed by atoms with Crippen molar-refractivity contribution in [1.29, 1.82) is 0 Å². The normalized spacial score (nSPS) is 29.2. The van der Waals surface area contributed by atoms with Crippen LogP contribution in [0, 0.1) is 11.8 Å². The van der Waals surface area contributed by atoms with Crippen LogP contribution in [-0.4, -0.2) is 47.6 Å². The van der Waals surface area contributed by atoms with Crippen LogP contribution in [0.5, 0.6) is 0 Å². The highest BCUT2D eigenvalue weighted by atomic mass is 16.4. The molecule has 0 spiro atoms. The van der Waals surface area contributed by atoms with Gasteiger partial charge in [-0.15, -0.1) is 0 Å². The van der Waals surface area contributed by atoms with Crippen LogP contribution in [0.2, 0.25) is 0 Å². The second-order valence-electron chi connectivity index (χ2n) is 5.27. The zero-order valence-corrected chi connectivity index (χ0v) is 10.2. The molecule has 2 N–H and O–H groups in total. The van der Waals surface area contributed by atoms with Gasteiger partial charge in [-0.3, -0.25) is 9.59 Å². The van der Waals surface area contributed by atoms with Crippen molar-refractivity contribution >= 4 is 11.9 Å². The van der Waals surface area contributed by atoms with Gasteiger partial charge in [-0.05, 0) is 18.8 Å². The average molecular weight is 240 g/mol. The molecule has 1 amide bonds. The monoisotopic (exact) mass is 240 g/mol. The number of aliphatic carboxylic acids is 1. The van der Waals surface area contributed by atoms with Gasteiger partial charge in [0, 0.05) is 32.1 Å². The minimum atomic E-state index is -0.720. The highest BCUT2D eigenvalue weighted by Crippen LogP contribution is 2.23. The third-order valence-electron chi connectivity index (χ3n) is 3.60. The van der Waals surface area contributed by atoms with Crippen molar-refractivity contribution in [2.75, 3.05) is 19.6 Å². The van der Waals surface area contributed by atoms with Crippen molar-refractivity contribution in [3.05, 3.63) is 0 Å². The maximum Gasteiger partial charge on any atom is 0.308 e. The van der Waals surface area contributed by atoms with E-state index in [1.165, 1.54) is 0 Å². The molecule has 1 saturated heterocycles. The minimum Gasteiger partial charge on any atom is -0.481 e. The van der Waals surface area contributed by atoms with Gasteiger partial charge < -0.3 is 15.3 Å². The van der Waals surface area contributed by atoms with Crippen LogP contribution in [0.25, 0.3) is 0 Å². The summed E-state index contributed by atoms with van der Waals surface area (Å²) in [5, 5.41) is 11.9. The summed E-state index contributed by atoms with van der Waals surface area (Å²) in [4.78, 5) is 24.5. The molecule has 2 unspecified atom stereocenters. The molecular formula is C12H20N2O3. The Morgan fingerprint density at radius 1 is 1.35 bits per heavy atom. The van der Waals surface area contributed by atoms with Crippen LogP contribution >= 0.6 is 0 Å². The molecule has 0 aromatic carbocycles. The highest BCUT2D eigenvalue weighted by molar-refractivity contribution is 5.76. The van der Waals surface area contributed by atoms with Crippen molar-refractivity contribution in [3.63, 3.8) is 0 Å². The van der Waals surface area contributed by atoms with E-state index < -0.39 is 5.97 Å². The first-order chi connectivity index (χ1) is 8.06. The third-order valence-corrected chi connectivity index (χ3v) is 3.60. The van der Waals surface area contributed by atoms with E-state index in [0.717, 1.165) is 19.4 Å². The van der Waals surface area contributed by atoms with Gasteiger partial charge in [-0.1, -0.05) is 6.92 Å². The number of carbonyl (C=O) groups is 2. The molecule has 5 nitrogen and oxygen atoms in total. The number of hydrogen-bond acceptors (Lipinski definition) is 3. The first-order valence-corrected chi connectivity index (χ1v) is 6.31. The third kappa shape index (κ3) is 3.43. The zero-order valence-electron chi connectivity index (χ0n) is 10.2. The number of nitrogens with one attached hydrogen (secondary N) is 1. The number of carboxylic acid groups (broad SMARTS) is 1. The Balaban J connectivity index is 1.69. The van der Waals surface area contributed by atoms with Gasteiger partial charge in [0.2, 0.25) is 5.91 Å². The van der Waals surface area contributed by atoms with E-state index in [0.29, 0.717) is 25.6 Å². The lowest BCUT2D eigenvalue weighted by molar-refractivity contribution is -0.142. The average Bonchev–Trinajstić information content (AvgIpc) is 2.97. The number of carbonyl (C=O) groups excluding carboxylic acids is 1. The fourth-order valence-corrected chi connectivity index (χ4v) is 2.36. The van der Waals surface area contributed by atoms with Gasteiger partial charge >= 0.3 is 5.97 Å². The number of hydrogen-bond donors (Lipinski definition) is 2. The minimum absolute atomic E-state index is 0.0962. The van der Waals surface area contributed by atoms with Crippen LogP contribution in [-0.2, 0) is 9.59 Å². The molecule has 2 fully saturated rings. The molecule has 1 saturated carbocycles. The van der Waals surface area contributed by atoms with Gasteiger partial charge in [0.25, 0.3) is 0 Å². The molecule has 5 heteroatoms. The lowest BCUT2D eigenvalue weighted by Gasteiger charge is -2.14. The second kappa shape index (κ2) is 5.04. The van der Waals surface area contributed by atoms with Crippen molar-refractivity contribution in [2.24, 2.45) is 11.8 Å². The van der Waals surface area contributed by atoms with Crippen LogP contribution in [0.4, 0.5) is 0 Å². The first-order valence-electron chi connectivity index (χ1n) is 6.31. The molecule has 0 aromatic heterocycles. The maximum absolute atomic E-state index is 11.5. The van der Waals surface area contributed by atoms with Crippen molar-refractivity contribution < 1.29 is 14.7 Å². The van der Waals surface area contributed by atoms with Crippen molar-refractivity contribution in [1.82, 2.24) is 10.2 Å². The molecule has 1 heterocycles. The number of nitrogens with zero attached hydrogens (tertiary/aromatic N) is 1. The molecule has 17 heavy (non-hydrogen) atoms. The van der Waals surface area contributed by atoms with Gasteiger partial charge in [-0.2, -0.15) is 0 Å². The molecule has 1 aliphatic carbocycles. The molecule has 1 aliphatic heterocycles. The van der Waals surface area contributed by atoms with E-state index in [9.17, 15) is 9.59 Å². The zero-order chi connectivity index (χ0) is 12.4. The summed E-state index contributed by atoms with van der Waals surface area (Å²) < 4.78 is 0. The number of rotatable bonds is 5. The molecular weight excluding hydrogens is 220 g/mol. The standard InChI is InChI=1S/C12H20N2O3/c1-8-6-14(7-10(8)12(16)17)5-4-11(15)13-9-2-3-9/h8-10H,2-7H2,1H3,(H,13,15)(H,16,17). The summed E-state index contributed by atoms with van der Waals surface area (Å²) >= 11 is 0. The molecule has 96 valence electrons. The van der Waals surface area contributed by atoms with Crippen molar-refractivity contribution in [2.45, 2.75) is 32.2 Å². The Morgan fingerprint density at radius 3 is 2.59 bits per heavy atom. The first kappa shape index (κ1) is 12.4. The topological polar surface area (TPSA) is 69.6 Å². The molecule has 0 aromatic rings. The largest absolute Gasteiger partial charge is 0.481 e. The smallest absolute Gasteiger partial charge is 0.308 e. The molecule has 0 bridgehead atoms.